The van der Waals surface area contributed by atoms with Gasteiger partial charge in [-0.2, -0.15) is 0 Å². The molecule has 0 aromatic heterocycles. The van der Waals surface area contributed by atoms with Gasteiger partial charge in [0.1, 0.15) is 0 Å². The average molecular weight is 283 g/mol. The number of hydrogen-bond donors (Lipinski definition) is 3. The quantitative estimate of drug-likeness (QED) is 0.672. The molecule has 2 rings (SSSR count). The summed E-state index contributed by atoms with van der Waals surface area (Å²) in [5.41, 5.74) is 0. The zero-order valence-corrected chi connectivity index (χ0v) is 12.7. The van der Waals surface area contributed by atoms with Crippen molar-refractivity contribution in [1.82, 2.24) is 16.0 Å². The van der Waals surface area contributed by atoms with Crippen molar-refractivity contribution in [2.75, 3.05) is 0 Å². The zero-order valence-electron chi connectivity index (χ0n) is 11.9. The minimum Gasteiger partial charge on any atom is -0.358 e. The van der Waals surface area contributed by atoms with Gasteiger partial charge in [-0.15, -0.1) is 0 Å². The van der Waals surface area contributed by atoms with Gasteiger partial charge in [0.25, 0.3) is 0 Å². The Labute approximate surface area is 121 Å². The zero-order chi connectivity index (χ0) is 13.8. The molecule has 108 valence electrons. The number of carbonyl (C=O) groups excluding carboxylic acids is 1. The van der Waals surface area contributed by atoms with Crippen LogP contribution in [-0.4, -0.2) is 29.1 Å². The summed E-state index contributed by atoms with van der Waals surface area (Å²) >= 11 is 5.14. The van der Waals surface area contributed by atoms with Crippen LogP contribution >= 0.6 is 12.2 Å². The van der Waals surface area contributed by atoms with Crippen molar-refractivity contribution in [3.05, 3.63) is 0 Å². The van der Waals surface area contributed by atoms with E-state index in [2.05, 4.69) is 22.9 Å². The van der Waals surface area contributed by atoms with E-state index in [4.69, 9.17) is 12.2 Å². The number of rotatable bonds is 5. The van der Waals surface area contributed by atoms with Crippen LogP contribution in [0.3, 0.4) is 0 Å². The summed E-state index contributed by atoms with van der Waals surface area (Å²) in [4.78, 5) is 12.1. The highest BCUT2D eigenvalue weighted by Gasteiger charge is 2.36. The lowest BCUT2D eigenvalue weighted by Crippen LogP contribution is -2.48. The molecule has 0 aromatic carbocycles. The van der Waals surface area contributed by atoms with E-state index in [0.29, 0.717) is 18.1 Å². The molecule has 2 fully saturated rings. The summed E-state index contributed by atoms with van der Waals surface area (Å²) in [6.45, 7) is 4.19. The Morgan fingerprint density at radius 2 is 2.16 bits per heavy atom. The van der Waals surface area contributed by atoms with Crippen LogP contribution in [0, 0.1) is 5.92 Å². The highest BCUT2D eigenvalue weighted by Crippen LogP contribution is 2.23. The first-order chi connectivity index (χ1) is 9.10. The van der Waals surface area contributed by atoms with E-state index in [0.717, 1.165) is 43.6 Å². The Kier molecular flexibility index (Phi) is 5.02. The van der Waals surface area contributed by atoms with Crippen molar-refractivity contribution >= 4 is 23.2 Å². The second kappa shape index (κ2) is 6.55. The fourth-order valence-electron chi connectivity index (χ4n) is 3.00. The smallest absolute Gasteiger partial charge is 0.223 e. The number of carbonyl (C=O) groups is 1. The van der Waals surface area contributed by atoms with Crippen LogP contribution in [0.1, 0.15) is 52.4 Å². The normalized spacial score (nSPS) is 31.1. The first kappa shape index (κ1) is 14.6. The van der Waals surface area contributed by atoms with Crippen molar-refractivity contribution in [1.29, 1.82) is 0 Å². The molecule has 1 aliphatic heterocycles. The molecule has 0 spiro atoms. The van der Waals surface area contributed by atoms with Gasteiger partial charge in [-0.3, -0.25) is 4.79 Å². The minimum absolute atomic E-state index is 0.133. The molecule has 4 atom stereocenters. The van der Waals surface area contributed by atoms with Crippen molar-refractivity contribution < 1.29 is 4.79 Å². The maximum absolute atomic E-state index is 12.1. The molecule has 1 amide bonds. The number of thiocarbonyl (C=S) groups is 1. The van der Waals surface area contributed by atoms with Gasteiger partial charge in [-0.1, -0.05) is 26.7 Å². The number of hydrogen-bond acceptors (Lipinski definition) is 2. The van der Waals surface area contributed by atoms with Gasteiger partial charge >= 0.3 is 0 Å². The monoisotopic (exact) mass is 283 g/mol. The third kappa shape index (κ3) is 3.81. The topological polar surface area (TPSA) is 53.2 Å². The van der Waals surface area contributed by atoms with Crippen LogP contribution in [0.15, 0.2) is 0 Å². The van der Waals surface area contributed by atoms with Crippen molar-refractivity contribution in [3.8, 4) is 0 Å². The molecule has 19 heavy (non-hydrogen) atoms. The van der Waals surface area contributed by atoms with Gasteiger partial charge in [0.15, 0.2) is 5.11 Å². The van der Waals surface area contributed by atoms with Gasteiger partial charge in [-0.05, 0) is 37.9 Å². The largest absolute Gasteiger partial charge is 0.358 e. The summed E-state index contributed by atoms with van der Waals surface area (Å²) < 4.78 is 0. The third-order valence-corrected chi connectivity index (χ3v) is 4.50. The molecule has 4 nitrogen and oxygen atoms in total. The van der Waals surface area contributed by atoms with Gasteiger partial charge in [0.2, 0.25) is 5.91 Å². The van der Waals surface area contributed by atoms with Crippen LogP contribution in [0.5, 0.6) is 0 Å². The molecular formula is C14H25N3OS. The Hall–Kier alpha value is -0.840. The summed E-state index contributed by atoms with van der Waals surface area (Å²) in [6.07, 6.45) is 6.37. The molecular weight excluding hydrogens is 258 g/mol. The molecule has 4 unspecified atom stereocenters. The predicted octanol–water partition coefficient (Wildman–Crippen LogP) is 1.70. The van der Waals surface area contributed by atoms with Crippen molar-refractivity contribution in [2.24, 2.45) is 5.92 Å². The summed E-state index contributed by atoms with van der Waals surface area (Å²) in [6, 6.07) is 1.14. The molecule has 5 heteroatoms. The molecule has 3 N–H and O–H groups in total. The Balaban J connectivity index is 1.77. The van der Waals surface area contributed by atoms with Crippen molar-refractivity contribution in [2.45, 2.75) is 70.5 Å². The van der Waals surface area contributed by atoms with Crippen LogP contribution in [0.25, 0.3) is 0 Å². The van der Waals surface area contributed by atoms with Gasteiger partial charge < -0.3 is 16.0 Å². The fourth-order valence-corrected chi connectivity index (χ4v) is 3.30. The fraction of sp³-hybridized carbons (Fsp3) is 0.857. The average Bonchev–Trinajstić information content (AvgIpc) is 2.75. The lowest BCUT2D eigenvalue weighted by Gasteiger charge is -2.32. The van der Waals surface area contributed by atoms with Crippen LogP contribution in [0.4, 0.5) is 0 Å². The minimum atomic E-state index is 0.133. The van der Waals surface area contributed by atoms with Gasteiger partial charge in [0, 0.05) is 18.0 Å². The highest BCUT2D eigenvalue weighted by molar-refractivity contribution is 7.80. The summed E-state index contributed by atoms with van der Waals surface area (Å²) in [5, 5.41) is 10.5. The van der Waals surface area contributed by atoms with E-state index in [9.17, 15) is 4.79 Å². The van der Waals surface area contributed by atoms with E-state index in [1.165, 1.54) is 0 Å². The molecule has 1 saturated carbocycles. The molecule has 1 heterocycles. The Bertz CT molecular complexity index is 348. The van der Waals surface area contributed by atoms with Crippen LogP contribution in [0.2, 0.25) is 0 Å². The SMILES string of the molecule is CCCCC(C)C(=O)NC1CCC2NC(=S)NC2C1. The lowest BCUT2D eigenvalue weighted by molar-refractivity contribution is -0.125. The van der Waals surface area contributed by atoms with Crippen molar-refractivity contribution in [3.63, 3.8) is 0 Å². The van der Waals surface area contributed by atoms with Gasteiger partial charge in [0.05, 0.1) is 6.04 Å². The van der Waals surface area contributed by atoms with Gasteiger partial charge in [-0.25, -0.2) is 0 Å². The number of unbranched alkanes of at least 4 members (excludes halogenated alkanes) is 1. The van der Waals surface area contributed by atoms with E-state index < -0.39 is 0 Å². The first-order valence-electron chi connectivity index (χ1n) is 7.47. The molecule has 1 saturated heterocycles. The standard InChI is InChI=1S/C14H25N3OS/c1-3-4-5-9(2)13(18)15-10-6-7-11-12(8-10)17-14(19)16-11/h9-12H,3-8H2,1-2H3,(H,15,18)(H2,16,17,19). The summed E-state index contributed by atoms with van der Waals surface area (Å²) in [5.74, 6) is 0.346. The molecule has 0 bridgehead atoms. The third-order valence-electron chi connectivity index (χ3n) is 4.27. The maximum atomic E-state index is 12.1. The Morgan fingerprint density at radius 1 is 1.42 bits per heavy atom. The second-order valence-corrected chi connectivity index (χ2v) is 6.30. The highest BCUT2D eigenvalue weighted by atomic mass is 32.1. The van der Waals surface area contributed by atoms with E-state index >= 15 is 0 Å². The maximum Gasteiger partial charge on any atom is 0.223 e. The lowest BCUT2D eigenvalue weighted by atomic mass is 9.87. The molecule has 2 aliphatic rings. The summed E-state index contributed by atoms with van der Waals surface area (Å²) in [7, 11) is 0. The first-order valence-corrected chi connectivity index (χ1v) is 7.88. The molecule has 0 aromatic rings. The van der Waals surface area contributed by atoms with E-state index in [-0.39, 0.29) is 11.8 Å². The number of amides is 1. The molecule has 1 aliphatic carbocycles. The number of fused-ring (bicyclic) bond motifs is 1. The van der Waals surface area contributed by atoms with Crippen LogP contribution < -0.4 is 16.0 Å². The predicted molar refractivity (Wildman–Crippen MR) is 80.9 cm³/mol. The Morgan fingerprint density at radius 3 is 2.89 bits per heavy atom. The van der Waals surface area contributed by atoms with E-state index in [1.807, 2.05) is 6.92 Å². The number of nitrogens with one attached hydrogen (secondary N) is 3. The van der Waals surface area contributed by atoms with E-state index in [1.54, 1.807) is 0 Å². The van der Waals surface area contributed by atoms with Crippen LogP contribution in [-0.2, 0) is 4.79 Å². The second-order valence-electron chi connectivity index (χ2n) is 5.89. The molecule has 0 radical (unpaired) electrons.